The molecule has 0 unspecified atom stereocenters. The van der Waals surface area contributed by atoms with Gasteiger partial charge in [-0.25, -0.2) is 0 Å². The van der Waals surface area contributed by atoms with E-state index < -0.39 is 18.8 Å². The first-order valence-corrected chi connectivity index (χ1v) is 8.93. The molecule has 0 aliphatic carbocycles. The molecule has 7 heteroatoms. The van der Waals surface area contributed by atoms with Crippen LogP contribution in [0.5, 0.6) is 5.75 Å². The van der Waals surface area contributed by atoms with Crippen molar-refractivity contribution in [3.63, 3.8) is 0 Å². The molecule has 0 fully saturated rings. The molecule has 2 aromatic carbocycles. The molecule has 3 aromatic rings. The highest BCUT2D eigenvalue weighted by Gasteiger charge is 2.22. The molecule has 1 heterocycles. The van der Waals surface area contributed by atoms with Gasteiger partial charge in [-0.15, -0.1) is 0 Å². The molecule has 0 bridgehead atoms. The lowest BCUT2D eigenvalue weighted by Gasteiger charge is -2.23. The third-order valence-corrected chi connectivity index (χ3v) is 4.54. The van der Waals surface area contributed by atoms with E-state index in [2.05, 4.69) is 15.5 Å². The second-order valence-electron chi connectivity index (χ2n) is 6.42. The van der Waals surface area contributed by atoms with Crippen molar-refractivity contribution in [1.82, 2.24) is 15.5 Å². The molecule has 28 heavy (non-hydrogen) atoms. The highest BCUT2D eigenvalue weighted by atomic mass is 16.5. The number of H-pyrrole nitrogens is 1. The Bertz CT molecular complexity index is 897. The number of aromatic nitrogens is 2. The predicted octanol–water partition coefficient (Wildman–Crippen LogP) is 1.78. The van der Waals surface area contributed by atoms with E-state index in [0.717, 1.165) is 16.7 Å². The first-order valence-electron chi connectivity index (χ1n) is 8.93. The number of amides is 1. The maximum Gasteiger partial charge on any atom is 0.251 e. The van der Waals surface area contributed by atoms with Gasteiger partial charge in [-0.3, -0.25) is 9.89 Å². The number of carbonyl (C=O) groups is 1. The van der Waals surface area contributed by atoms with Gasteiger partial charge in [-0.2, -0.15) is 5.10 Å². The second kappa shape index (κ2) is 9.16. The highest BCUT2D eigenvalue weighted by molar-refractivity contribution is 5.95. The Morgan fingerprint density at radius 1 is 1.25 bits per heavy atom. The maximum absolute atomic E-state index is 12.8. The topological polar surface area (TPSA) is 107 Å². The van der Waals surface area contributed by atoms with Crippen LogP contribution in [0.25, 0.3) is 11.1 Å². The minimum Gasteiger partial charge on any atom is -0.496 e. The monoisotopic (exact) mass is 381 g/mol. The van der Waals surface area contributed by atoms with Gasteiger partial charge >= 0.3 is 0 Å². The molecule has 146 valence electrons. The Kier molecular flexibility index (Phi) is 6.41. The molecular formula is C21H23N3O4. The zero-order chi connectivity index (χ0) is 19.9. The van der Waals surface area contributed by atoms with E-state index in [-0.39, 0.29) is 5.91 Å². The molecule has 0 saturated carbocycles. The molecule has 0 spiro atoms. The lowest BCUT2D eigenvalue weighted by atomic mass is 10.0. The van der Waals surface area contributed by atoms with Crippen molar-refractivity contribution >= 4 is 5.91 Å². The van der Waals surface area contributed by atoms with Crippen molar-refractivity contribution in [2.24, 2.45) is 0 Å². The Labute approximate surface area is 163 Å². The van der Waals surface area contributed by atoms with Crippen molar-refractivity contribution in [3.05, 3.63) is 72.1 Å². The second-order valence-corrected chi connectivity index (χ2v) is 6.42. The largest absolute Gasteiger partial charge is 0.496 e. The molecule has 0 aliphatic rings. The number of nitrogens with one attached hydrogen (secondary N) is 2. The fourth-order valence-electron chi connectivity index (χ4n) is 3.00. The minimum atomic E-state index is -1.07. The summed E-state index contributed by atoms with van der Waals surface area (Å²) in [7, 11) is 1.54. The summed E-state index contributed by atoms with van der Waals surface area (Å²) in [4.78, 5) is 12.8. The maximum atomic E-state index is 12.8. The fraction of sp³-hybridized carbons (Fsp3) is 0.238. The Morgan fingerprint density at radius 2 is 2.04 bits per heavy atom. The lowest BCUT2D eigenvalue weighted by Crippen LogP contribution is -2.46. The van der Waals surface area contributed by atoms with Gasteiger partial charge in [0.2, 0.25) is 0 Å². The number of ether oxygens (including phenoxy) is 1. The average Bonchev–Trinajstić information content (AvgIpc) is 3.27. The molecule has 7 nitrogen and oxygen atoms in total. The van der Waals surface area contributed by atoms with Gasteiger partial charge in [0.25, 0.3) is 5.91 Å². The van der Waals surface area contributed by atoms with E-state index in [1.165, 1.54) is 7.11 Å². The van der Waals surface area contributed by atoms with E-state index in [0.29, 0.717) is 17.7 Å². The molecule has 1 aromatic heterocycles. The molecule has 0 saturated heterocycles. The minimum absolute atomic E-state index is 0.356. The van der Waals surface area contributed by atoms with E-state index in [1.807, 2.05) is 30.3 Å². The van der Waals surface area contributed by atoms with E-state index in [1.54, 1.807) is 30.6 Å². The van der Waals surface area contributed by atoms with E-state index in [4.69, 9.17) is 4.74 Å². The predicted molar refractivity (Wildman–Crippen MR) is 105 cm³/mol. The number of carbonyl (C=O) groups excluding carboxylic acids is 1. The third kappa shape index (κ3) is 4.57. The summed E-state index contributed by atoms with van der Waals surface area (Å²) >= 11 is 0. The summed E-state index contributed by atoms with van der Waals surface area (Å²) < 4.78 is 5.42. The number of hydrogen-bond acceptors (Lipinski definition) is 5. The quantitative estimate of drug-likeness (QED) is 0.476. The van der Waals surface area contributed by atoms with Gasteiger partial charge < -0.3 is 20.3 Å². The summed E-state index contributed by atoms with van der Waals surface area (Å²) in [6.45, 7) is -0.444. The van der Waals surface area contributed by atoms with Gasteiger partial charge in [0.1, 0.15) is 5.75 Å². The van der Waals surface area contributed by atoms with Crippen LogP contribution in [0.1, 0.15) is 15.9 Å². The first kappa shape index (κ1) is 19.6. The fourth-order valence-corrected chi connectivity index (χ4v) is 3.00. The van der Waals surface area contributed by atoms with Crippen molar-refractivity contribution in [2.45, 2.75) is 18.6 Å². The highest BCUT2D eigenvalue weighted by Crippen LogP contribution is 2.30. The molecular weight excluding hydrogens is 358 g/mol. The first-order chi connectivity index (χ1) is 13.6. The Balaban J connectivity index is 1.79. The van der Waals surface area contributed by atoms with Gasteiger partial charge in [0.05, 0.1) is 32.1 Å². The number of rotatable bonds is 8. The summed E-state index contributed by atoms with van der Waals surface area (Å²) in [6, 6.07) is 14.0. The molecule has 2 atom stereocenters. The number of nitrogens with zero attached hydrogens (tertiary/aromatic N) is 1. The molecule has 3 rings (SSSR count). The normalized spacial score (nSPS) is 13.0. The molecule has 0 radical (unpaired) electrons. The number of benzene rings is 2. The van der Waals surface area contributed by atoms with Crippen LogP contribution in [-0.2, 0) is 6.42 Å². The SMILES string of the molecule is COc1cc(C(=O)N[C@@H](Cc2ccccc2)[C@H](O)CO)ccc1-c1cn[nH]c1. The zero-order valence-electron chi connectivity index (χ0n) is 15.5. The molecule has 4 N–H and O–H groups in total. The Hall–Kier alpha value is -3.16. The molecule has 0 aliphatic heterocycles. The van der Waals surface area contributed by atoms with E-state index >= 15 is 0 Å². The number of aliphatic hydroxyl groups is 2. The standard InChI is InChI=1S/C21H23N3O4/c1-28-20-10-15(7-8-17(20)16-11-22-23-12-16)21(27)24-18(19(26)13-25)9-14-5-3-2-4-6-14/h2-8,10-12,18-19,25-26H,9,13H2,1H3,(H,22,23)(H,24,27)/t18-,19+/m0/s1. The van der Waals surface area contributed by atoms with Gasteiger partial charge in [-0.1, -0.05) is 30.3 Å². The van der Waals surface area contributed by atoms with Crippen LogP contribution in [0.3, 0.4) is 0 Å². The van der Waals surface area contributed by atoms with Crippen LogP contribution < -0.4 is 10.1 Å². The van der Waals surface area contributed by atoms with Crippen LogP contribution in [0.15, 0.2) is 60.9 Å². The third-order valence-electron chi connectivity index (χ3n) is 4.54. The lowest BCUT2D eigenvalue weighted by molar-refractivity contribution is 0.0567. The van der Waals surface area contributed by atoms with Crippen LogP contribution in [0.4, 0.5) is 0 Å². The van der Waals surface area contributed by atoms with Crippen molar-refractivity contribution < 1.29 is 19.7 Å². The van der Waals surface area contributed by atoms with Gasteiger partial charge in [0, 0.05) is 22.9 Å². The van der Waals surface area contributed by atoms with Crippen LogP contribution in [0.2, 0.25) is 0 Å². The number of hydrogen-bond donors (Lipinski definition) is 4. The van der Waals surface area contributed by atoms with E-state index in [9.17, 15) is 15.0 Å². The molecule has 1 amide bonds. The van der Waals surface area contributed by atoms with Gasteiger partial charge in [0.15, 0.2) is 0 Å². The average molecular weight is 381 g/mol. The van der Waals surface area contributed by atoms with Crippen LogP contribution in [0, 0.1) is 0 Å². The van der Waals surface area contributed by atoms with Crippen molar-refractivity contribution in [2.75, 3.05) is 13.7 Å². The summed E-state index contributed by atoms with van der Waals surface area (Å²) in [5, 5.41) is 29.0. The zero-order valence-corrected chi connectivity index (χ0v) is 15.5. The number of aliphatic hydroxyl groups excluding tert-OH is 2. The van der Waals surface area contributed by atoms with Crippen LogP contribution in [-0.4, -0.2) is 52.2 Å². The smallest absolute Gasteiger partial charge is 0.251 e. The van der Waals surface area contributed by atoms with Crippen LogP contribution >= 0.6 is 0 Å². The van der Waals surface area contributed by atoms with Gasteiger partial charge in [-0.05, 0) is 30.2 Å². The number of aromatic amines is 1. The Morgan fingerprint density at radius 3 is 2.68 bits per heavy atom. The van der Waals surface area contributed by atoms with Crippen molar-refractivity contribution in [1.29, 1.82) is 0 Å². The summed E-state index contributed by atoms with van der Waals surface area (Å²) in [6.07, 6.45) is 2.74. The summed E-state index contributed by atoms with van der Waals surface area (Å²) in [5.41, 5.74) is 3.01. The number of methoxy groups -OCH3 is 1. The van der Waals surface area contributed by atoms with Crippen molar-refractivity contribution in [3.8, 4) is 16.9 Å². The summed E-state index contributed by atoms with van der Waals surface area (Å²) in [5.74, 6) is 0.182.